The number of hydrogen-bond donors (Lipinski definition) is 3. The van der Waals surface area contributed by atoms with Crippen LogP contribution in [0.2, 0.25) is 0 Å². The molecular weight excluding hydrogens is 366 g/mol. The standard InChI is InChI=1S/C19H19N3O4S/c23-18(10-24-15-6-4-12-2-1-3-13(12)8-15)21-22-19(27)20-14-5-7-16-17(9-14)26-11-25-16/h4-9H,1-3,10-11H2,(H,21,23)(H2,20,22,27). The summed E-state index contributed by atoms with van der Waals surface area (Å²) in [4.78, 5) is 11.9. The van der Waals surface area contributed by atoms with Gasteiger partial charge in [-0.25, -0.2) is 0 Å². The van der Waals surface area contributed by atoms with Crippen LogP contribution in [-0.4, -0.2) is 24.4 Å². The molecule has 8 heteroatoms. The number of carbonyl (C=O) groups is 1. The zero-order valence-corrected chi connectivity index (χ0v) is 15.4. The van der Waals surface area contributed by atoms with Crippen LogP contribution in [0.5, 0.6) is 17.2 Å². The maximum absolute atomic E-state index is 11.9. The first-order chi connectivity index (χ1) is 13.2. The first kappa shape index (κ1) is 17.4. The third kappa shape index (κ3) is 4.22. The summed E-state index contributed by atoms with van der Waals surface area (Å²) in [7, 11) is 0. The van der Waals surface area contributed by atoms with E-state index < -0.39 is 0 Å². The molecule has 0 spiro atoms. The Hall–Kier alpha value is -3.00. The van der Waals surface area contributed by atoms with Crippen molar-refractivity contribution in [3.63, 3.8) is 0 Å². The van der Waals surface area contributed by atoms with Gasteiger partial charge in [0.15, 0.2) is 23.2 Å². The minimum absolute atomic E-state index is 0.0988. The summed E-state index contributed by atoms with van der Waals surface area (Å²) < 4.78 is 16.1. The minimum Gasteiger partial charge on any atom is -0.484 e. The van der Waals surface area contributed by atoms with E-state index in [1.807, 2.05) is 12.1 Å². The Morgan fingerprint density at radius 3 is 2.81 bits per heavy atom. The van der Waals surface area contributed by atoms with Crippen molar-refractivity contribution in [2.45, 2.75) is 19.3 Å². The number of rotatable bonds is 4. The number of hydrazine groups is 1. The molecule has 2 aromatic carbocycles. The molecule has 2 aromatic rings. The maximum Gasteiger partial charge on any atom is 0.276 e. The third-order valence-corrected chi connectivity index (χ3v) is 4.59. The van der Waals surface area contributed by atoms with Crippen molar-refractivity contribution in [2.24, 2.45) is 0 Å². The van der Waals surface area contributed by atoms with Crippen LogP contribution in [0, 0.1) is 0 Å². The average molecular weight is 385 g/mol. The summed E-state index contributed by atoms with van der Waals surface area (Å²) in [6, 6.07) is 11.3. The summed E-state index contributed by atoms with van der Waals surface area (Å²) in [5.41, 5.74) is 8.55. The van der Waals surface area contributed by atoms with Gasteiger partial charge in [0, 0.05) is 11.8 Å². The number of anilines is 1. The first-order valence-corrected chi connectivity index (χ1v) is 9.08. The Bertz CT molecular complexity index is 887. The van der Waals surface area contributed by atoms with Gasteiger partial charge in [-0.3, -0.25) is 15.6 Å². The second-order valence-electron chi connectivity index (χ2n) is 6.27. The summed E-state index contributed by atoms with van der Waals surface area (Å²) in [6.45, 7) is 0.111. The highest BCUT2D eigenvalue weighted by atomic mass is 32.1. The molecule has 0 aromatic heterocycles. The molecular formula is C19H19N3O4S. The van der Waals surface area contributed by atoms with Crippen LogP contribution in [0.1, 0.15) is 17.5 Å². The number of hydrogen-bond acceptors (Lipinski definition) is 5. The third-order valence-electron chi connectivity index (χ3n) is 4.39. The quantitative estimate of drug-likeness (QED) is 0.550. The Labute approximate surface area is 162 Å². The summed E-state index contributed by atoms with van der Waals surface area (Å²) in [5, 5.41) is 3.21. The SMILES string of the molecule is O=C(COc1ccc2c(c1)CCC2)NNC(=S)Nc1ccc2c(c1)OCO2. The molecule has 1 aliphatic carbocycles. The molecule has 27 heavy (non-hydrogen) atoms. The molecule has 1 amide bonds. The molecule has 4 rings (SSSR count). The number of fused-ring (bicyclic) bond motifs is 2. The highest BCUT2D eigenvalue weighted by Gasteiger charge is 2.14. The van der Waals surface area contributed by atoms with E-state index >= 15 is 0 Å². The lowest BCUT2D eigenvalue weighted by Gasteiger charge is -2.12. The number of nitrogens with one attached hydrogen (secondary N) is 3. The Kier molecular flexibility index (Phi) is 4.97. The molecule has 2 aliphatic rings. The number of carbonyl (C=O) groups excluding carboxylic acids is 1. The average Bonchev–Trinajstić information content (AvgIpc) is 3.32. The number of aryl methyl sites for hydroxylation is 2. The van der Waals surface area contributed by atoms with Gasteiger partial charge in [-0.2, -0.15) is 0 Å². The van der Waals surface area contributed by atoms with E-state index in [4.69, 9.17) is 26.4 Å². The lowest BCUT2D eigenvalue weighted by Crippen LogP contribution is -2.45. The van der Waals surface area contributed by atoms with Crippen LogP contribution in [0.25, 0.3) is 0 Å². The van der Waals surface area contributed by atoms with Crippen molar-refractivity contribution in [1.29, 1.82) is 0 Å². The molecule has 7 nitrogen and oxygen atoms in total. The second-order valence-corrected chi connectivity index (χ2v) is 6.68. The van der Waals surface area contributed by atoms with Gasteiger partial charge >= 0.3 is 0 Å². The molecule has 0 fully saturated rings. The molecule has 3 N–H and O–H groups in total. The predicted octanol–water partition coefficient (Wildman–Crippen LogP) is 2.30. The lowest BCUT2D eigenvalue weighted by atomic mass is 10.1. The monoisotopic (exact) mass is 385 g/mol. The van der Waals surface area contributed by atoms with Crippen molar-refractivity contribution < 1.29 is 19.0 Å². The van der Waals surface area contributed by atoms with Crippen molar-refractivity contribution in [3.8, 4) is 17.2 Å². The molecule has 1 heterocycles. The minimum atomic E-state index is -0.328. The number of amides is 1. The molecule has 0 radical (unpaired) electrons. The molecule has 0 saturated heterocycles. The fourth-order valence-electron chi connectivity index (χ4n) is 3.09. The van der Waals surface area contributed by atoms with E-state index in [1.165, 1.54) is 17.5 Å². The fraction of sp³-hybridized carbons (Fsp3) is 0.263. The summed E-state index contributed by atoms with van der Waals surface area (Å²) in [5.74, 6) is 1.71. The van der Waals surface area contributed by atoms with Crippen molar-refractivity contribution >= 4 is 28.9 Å². The molecule has 1 aliphatic heterocycles. The largest absolute Gasteiger partial charge is 0.484 e. The van der Waals surface area contributed by atoms with Crippen molar-refractivity contribution in [3.05, 3.63) is 47.5 Å². The molecule has 0 saturated carbocycles. The van der Waals surface area contributed by atoms with Crippen LogP contribution < -0.4 is 30.4 Å². The van der Waals surface area contributed by atoms with E-state index in [0.717, 1.165) is 18.5 Å². The van der Waals surface area contributed by atoms with E-state index in [9.17, 15) is 4.79 Å². The van der Waals surface area contributed by atoms with Crippen LogP contribution in [0.4, 0.5) is 5.69 Å². The van der Waals surface area contributed by atoms with Gasteiger partial charge in [-0.1, -0.05) is 6.07 Å². The maximum atomic E-state index is 11.9. The van der Waals surface area contributed by atoms with E-state index in [2.05, 4.69) is 22.2 Å². The first-order valence-electron chi connectivity index (χ1n) is 8.67. The fourth-order valence-corrected chi connectivity index (χ4v) is 3.25. The van der Waals surface area contributed by atoms with Crippen LogP contribution in [0.3, 0.4) is 0 Å². The van der Waals surface area contributed by atoms with Gasteiger partial charge in [0.1, 0.15) is 5.75 Å². The summed E-state index contributed by atoms with van der Waals surface area (Å²) >= 11 is 5.16. The lowest BCUT2D eigenvalue weighted by molar-refractivity contribution is -0.123. The Balaban J connectivity index is 1.21. The summed E-state index contributed by atoms with van der Waals surface area (Å²) in [6.07, 6.45) is 3.37. The van der Waals surface area contributed by atoms with Gasteiger partial charge in [0.05, 0.1) is 0 Å². The molecule has 0 bridgehead atoms. The number of thiocarbonyl (C=S) groups is 1. The smallest absolute Gasteiger partial charge is 0.276 e. The molecule has 140 valence electrons. The Morgan fingerprint density at radius 2 is 1.89 bits per heavy atom. The molecule has 0 unspecified atom stereocenters. The van der Waals surface area contributed by atoms with Crippen LogP contribution in [-0.2, 0) is 17.6 Å². The highest BCUT2D eigenvalue weighted by Crippen LogP contribution is 2.34. The topological polar surface area (TPSA) is 80.9 Å². The zero-order valence-electron chi connectivity index (χ0n) is 14.5. The van der Waals surface area contributed by atoms with Gasteiger partial charge in [0.2, 0.25) is 6.79 Å². The van der Waals surface area contributed by atoms with Gasteiger partial charge in [-0.15, -0.1) is 0 Å². The van der Waals surface area contributed by atoms with Crippen molar-refractivity contribution in [2.75, 3.05) is 18.7 Å². The Morgan fingerprint density at radius 1 is 1.04 bits per heavy atom. The zero-order chi connectivity index (χ0) is 18.6. The van der Waals surface area contributed by atoms with E-state index in [0.29, 0.717) is 17.2 Å². The van der Waals surface area contributed by atoms with Crippen LogP contribution >= 0.6 is 12.2 Å². The molecule has 0 atom stereocenters. The van der Waals surface area contributed by atoms with Gasteiger partial charge in [-0.05, 0) is 66.9 Å². The van der Waals surface area contributed by atoms with Crippen molar-refractivity contribution in [1.82, 2.24) is 10.9 Å². The van der Waals surface area contributed by atoms with Crippen LogP contribution in [0.15, 0.2) is 36.4 Å². The van der Waals surface area contributed by atoms with E-state index in [1.54, 1.807) is 18.2 Å². The highest BCUT2D eigenvalue weighted by molar-refractivity contribution is 7.80. The second kappa shape index (κ2) is 7.71. The number of ether oxygens (including phenoxy) is 3. The normalized spacial score (nSPS) is 13.6. The predicted molar refractivity (Wildman–Crippen MR) is 104 cm³/mol. The van der Waals surface area contributed by atoms with E-state index in [-0.39, 0.29) is 24.4 Å². The van der Waals surface area contributed by atoms with Gasteiger partial charge in [0.25, 0.3) is 5.91 Å². The van der Waals surface area contributed by atoms with Gasteiger partial charge < -0.3 is 19.5 Å². The number of benzene rings is 2.